The summed E-state index contributed by atoms with van der Waals surface area (Å²) in [5.74, 6) is 0.0481. The second-order valence-corrected chi connectivity index (χ2v) is 7.10. The topological polar surface area (TPSA) is 80.3 Å². The first-order chi connectivity index (χ1) is 13.0. The summed E-state index contributed by atoms with van der Waals surface area (Å²) in [6.45, 7) is 0. The molecule has 136 valence electrons. The van der Waals surface area contributed by atoms with E-state index in [-0.39, 0.29) is 5.56 Å². The van der Waals surface area contributed by atoms with E-state index in [1.807, 2.05) is 12.1 Å². The molecule has 0 unspecified atom stereocenters. The third-order valence-corrected chi connectivity index (χ3v) is 4.61. The number of hydrogen-bond acceptors (Lipinski definition) is 4. The molecule has 3 rings (SSSR count). The molecule has 6 nitrogen and oxygen atoms in total. The zero-order valence-corrected chi connectivity index (χ0v) is 17.0. The lowest BCUT2D eigenvalue weighted by molar-refractivity contribution is 0.0846. The summed E-state index contributed by atoms with van der Waals surface area (Å²) in [5, 5.41) is 0. The molecule has 0 bridgehead atoms. The number of pyridine rings is 1. The number of amides is 2. The Kier molecular flexibility index (Phi) is 6.20. The van der Waals surface area contributed by atoms with Crippen LogP contribution in [0.25, 0.3) is 0 Å². The first kappa shape index (κ1) is 19.1. The van der Waals surface area contributed by atoms with E-state index < -0.39 is 11.8 Å². The van der Waals surface area contributed by atoms with E-state index in [2.05, 4.69) is 47.7 Å². The van der Waals surface area contributed by atoms with Crippen molar-refractivity contribution in [3.63, 3.8) is 0 Å². The van der Waals surface area contributed by atoms with E-state index in [4.69, 9.17) is 4.74 Å². The molecule has 0 spiro atoms. The van der Waals surface area contributed by atoms with E-state index in [1.165, 1.54) is 6.20 Å². The van der Waals surface area contributed by atoms with Gasteiger partial charge in [-0.05, 0) is 52.3 Å². The van der Waals surface area contributed by atoms with Crippen molar-refractivity contribution >= 4 is 43.7 Å². The maximum atomic E-state index is 12.2. The van der Waals surface area contributed by atoms with Gasteiger partial charge in [-0.2, -0.15) is 0 Å². The molecule has 0 radical (unpaired) electrons. The van der Waals surface area contributed by atoms with Crippen molar-refractivity contribution in [1.29, 1.82) is 0 Å². The number of hydrazine groups is 1. The van der Waals surface area contributed by atoms with E-state index in [9.17, 15) is 9.59 Å². The van der Waals surface area contributed by atoms with Gasteiger partial charge in [0.05, 0.1) is 11.1 Å². The fraction of sp³-hybridized carbons (Fsp3) is 0. The number of carbonyl (C=O) groups is 2. The molecular weight excluding hydrogens is 478 g/mol. The van der Waals surface area contributed by atoms with E-state index in [1.54, 1.807) is 48.5 Å². The Morgan fingerprint density at radius 2 is 1.67 bits per heavy atom. The van der Waals surface area contributed by atoms with Gasteiger partial charge in [0.2, 0.25) is 5.88 Å². The summed E-state index contributed by atoms with van der Waals surface area (Å²) in [6, 6.07) is 17.4. The Morgan fingerprint density at radius 1 is 0.889 bits per heavy atom. The maximum absolute atomic E-state index is 12.2. The van der Waals surface area contributed by atoms with Crippen LogP contribution in [-0.4, -0.2) is 16.8 Å². The highest BCUT2D eigenvalue weighted by atomic mass is 79.9. The van der Waals surface area contributed by atoms with Gasteiger partial charge in [0, 0.05) is 21.2 Å². The lowest BCUT2D eigenvalue weighted by Gasteiger charge is -2.09. The molecule has 2 N–H and O–H groups in total. The minimum absolute atomic E-state index is 0.281. The third kappa shape index (κ3) is 5.15. The SMILES string of the molecule is O=C(NNC(=O)c1ccccc1Br)c1ccc(Oc2cccc(Br)c2)nc1. The summed E-state index contributed by atoms with van der Waals surface area (Å²) in [4.78, 5) is 28.4. The van der Waals surface area contributed by atoms with E-state index in [0.717, 1.165) is 4.47 Å². The molecule has 0 saturated carbocycles. The number of benzene rings is 2. The second-order valence-electron chi connectivity index (χ2n) is 5.33. The summed E-state index contributed by atoms with van der Waals surface area (Å²) in [7, 11) is 0. The van der Waals surface area contributed by atoms with Crippen LogP contribution in [0.5, 0.6) is 11.6 Å². The third-order valence-electron chi connectivity index (χ3n) is 3.43. The van der Waals surface area contributed by atoms with Crippen molar-refractivity contribution < 1.29 is 14.3 Å². The molecule has 2 amide bonds. The molecule has 0 fully saturated rings. The summed E-state index contributed by atoms with van der Waals surface area (Å²) in [5.41, 5.74) is 5.41. The molecular formula is C19H13Br2N3O3. The number of carbonyl (C=O) groups excluding carboxylic acids is 2. The van der Waals surface area contributed by atoms with Gasteiger partial charge in [-0.1, -0.05) is 34.1 Å². The maximum Gasteiger partial charge on any atom is 0.271 e. The normalized spacial score (nSPS) is 10.1. The second kappa shape index (κ2) is 8.79. The van der Waals surface area contributed by atoms with Crippen molar-refractivity contribution in [3.05, 3.63) is 86.9 Å². The van der Waals surface area contributed by atoms with Crippen LogP contribution in [0.2, 0.25) is 0 Å². The zero-order valence-electron chi connectivity index (χ0n) is 13.8. The molecule has 8 heteroatoms. The Balaban J connectivity index is 1.59. The highest BCUT2D eigenvalue weighted by Gasteiger charge is 2.12. The van der Waals surface area contributed by atoms with Crippen LogP contribution in [0.15, 0.2) is 75.8 Å². The van der Waals surface area contributed by atoms with Crippen LogP contribution in [-0.2, 0) is 0 Å². The van der Waals surface area contributed by atoms with Crippen molar-refractivity contribution in [3.8, 4) is 11.6 Å². The van der Waals surface area contributed by atoms with Gasteiger partial charge >= 0.3 is 0 Å². The summed E-state index contributed by atoms with van der Waals surface area (Å²) >= 11 is 6.65. The smallest absolute Gasteiger partial charge is 0.271 e. The molecule has 0 aliphatic carbocycles. The lowest BCUT2D eigenvalue weighted by Crippen LogP contribution is -2.41. The average Bonchev–Trinajstić information content (AvgIpc) is 2.67. The van der Waals surface area contributed by atoms with Gasteiger partial charge in [0.25, 0.3) is 11.8 Å². The monoisotopic (exact) mass is 489 g/mol. The Labute approximate surface area is 172 Å². The quantitative estimate of drug-likeness (QED) is 0.528. The summed E-state index contributed by atoms with van der Waals surface area (Å²) < 4.78 is 7.13. The molecule has 0 saturated heterocycles. The first-order valence-electron chi connectivity index (χ1n) is 7.77. The van der Waals surface area contributed by atoms with Crippen LogP contribution in [0.4, 0.5) is 0 Å². The largest absolute Gasteiger partial charge is 0.439 e. The van der Waals surface area contributed by atoms with Crippen molar-refractivity contribution in [2.75, 3.05) is 0 Å². The predicted molar refractivity (Wildman–Crippen MR) is 108 cm³/mol. The number of nitrogens with one attached hydrogen (secondary N) is 2. The van der Waals surface area contributed by atoms with E-state index >= 15 is 0 Å². The van der Waals surface area contributed by atoms with Crippen LogP contribution in [0.1, 0.15) is 20.7 Å². The van der Waals surface area contributed by atoms with Gasteiger partial charge in [-0.3, -0.25) is 20.4 Å². The number of nitrogens with zero attached hydrogens (tertiary/aromatic N) is 1. The van der Waals surface area contributed by atoms with Crippen LogP contribution >= 0.6 is 31.9 Å². The molecule has 1 aromatic heterocycles. The fourth-order valence-electron chi connectivity index (χ4n) is 2.12. The van der Waals surface area contributed by atoms with Gasteiger partial charge in [-0.15, -0.1) is 0 Å². The molecule has 27 heavy (non-hydrogen) atoms. The van der Waals surface area contributed by atoms with Crippen LogP contribution in [0.3, 0.4) is 0 Å². The molecule has 3 aromatic rings. The van der Waals surface area contributed by atoms with Gasteiger partial charge in [-0.25, -0.2) is 4.98 Å². The minimum atomic E-state index is -0.489. The fourth-order valence-corrected chi connectivity index (χ4v) is 2.97. The van der Waals surface area contributed by atoms with Gasteiger partial charge in [0.1, 0.15) is 5.75 Å². The number of hydrogen-bond donors (Lipinski definition) is 2. The Hall–Kier alpha value is -2.71. The van der Waals surface area contributed by atoms with Crippen molar-refractivity contribution in [1.82, 2.24) is 15.8 Å². The van der Waals surface area contributed by atoms with Gasteiger partial charge in [0.15, 0.2) is 0 Å². The Bertz CT molecular complexity index is 978. The van der Waals surface area contributed by atoms with Crippen molar-refractivity contribution in [2.24, 2.45) is 0 Å². The minimum Gasteiger partial charge on any atom is -0.439 e. The lowest BCUT2D eigenvalue weighted by atomic mass is 10.2. The highest BCUT2D eigenvalue weighted by molar-refractivity contribution is 9.10. The van der Waals surface area contributed by atoms with E-state index in [0.29, 0.717) is 21.7 Å². The molecule has 0 aliphatic rings. The summed E-state index contributed by atoms with van der Waals surface area (Å²) in [6.07, 6.45) is 1.37. The number of ether oxygens (including phenoxy) is 1. The molecule has 0 atom stereocenters. The Morgan fingerprint density at radius 3 is 2.37 bits per heavy atom. The molecule has 1 heterocycles. The van der Waals surface area contributed by atoms with Crippen LogP contribution in [0, 0.1) is 0 Å². The van der Waals surface area contributed by atoms with Crippen LogP contribution < -0.4 is 15.6 Å². The molecule has 2 aromatic carbocycles. The molecule has 0 aliphatic heterocycles. The zero-order chi connectivity index (χ0) is 19.2. The number of rotatable bonds is 4. The van der Waals surface area contributed by atoms with Gasteiger partial charge < -0.3 is 4.74 Å². The number of aromatic nitrogens is 1. The first-order valence-corrected chi connectivity index (χ1v) is 9.36. The predicted octanol–water partition coefficient (Wildman–Crippen LogP) is 4.47. The standard InChI is InChI=1S/C19H13Br2N3O3/c20-13-4-3-5-14(10-13)27-17-9-8-12(11-22-17)18(25)23-24-19(26)15-6-1-2-7-16(15)21/h1-11H,(H,23,25)(H,24,26). The average molecular weight is 491 g/mol. The van der Waals surface area contributed by atoms with Crippen molar-refractivity contribution in [2.45, 2.75) is 0 Å². The highest BCUT2D eigenvalue weighted by Crippen LogP contribution is 2.23. The number of halogens is 2.